The summed E-state index contributed by atoms with van der Waals surface area (Å²) in [7, 11) is 0. The normalized spacial score (nSPS) is 12.5. The fourth-order valence-corrected chi connectivity index (χ4v) is 1.45. The van der Waals surface area contributed by atoms with E-state index in [-0.39, 0.29) is 11.7 Å². The van der Waals surface area contributed by atoms with Crippen LogP contribution in [0.25, 0.3) is 0 Å². The summed E-state index contributed by atoms with van der Waals surface area (Å²) in [6, 6.07) is 5.30. The lowest BCUT2D eigenvalue weighted by Gasteiger charge is -2.06. The van der Waals surface area contributed by atoms with Gasteiger partial charge in [-0.05, 0) is 24.1 Å². The van der Waals surface area contributed by atoms with Crippen molar-refractivity contribution in [2.75, 3.05) is 0 Å². The van der Waals surface area contributed by atoms with E-state index in [9.17, 15) is 9.90 Å². The van der Waals surface area contributed by atoms with Crippen LogP contribution in [0, 0.1) is 5.92 Å². The highest BCUT2D eigenvalue weighted by Gasteiger charge is 2.06. The zero-order valence-corrected chi connectivity index (χ0v) is 8.91. The molecule has 13 heavy (non-hydrogen) atoms. The molecule has 3 heteroatoms. The Morgan fingerprint density at radius 2 is 2.31 bits per heavy atom. The first-order chi connectivity index (χ1) is 6.13. The maximum absolute atomic E-state index is 10.4. The van der Waals surface area contributed by atoms with Crippen molar-refractivity contribution in [2.45, 2.75) is 13.3 Å². The van der Waals surface area contributed by atoms with Crippen molar-refractivity contribution in [1.82, 2.24) is 0 Å². The fraction of sp³-hybridized carbons (Fsp3) is 0.300. The van der Waals surface area contributed by atoms with Crippen molar-refractivity contribution in [3.05, 3.63) is 28.2 Å². The zero-order valence-electron chi connectivity index (χ0n) is 7.33. The predicted molar refractivity (Wildman–Crippen MR) is 54.7 cm³/mol. The number of aromatic hydroxyl groups is 1. The summed E-state index contributed by atoms with van der Waals surface area (Å²) in [6.45, 7) is 1.83. The number of aldehydes is 1. The van der Waals surface area contributed by atoms with Crippen molar-refractivity contribution in [2.24, 2.45) is 5.92 Å². The molecule has 0 bridgehead atoms. The fourth-order valence-electron chi connectivity index (χ4n) is 1.10. The van der Waals surface area contributed by atoms with Gasteiger partial charge in [-0.15, -0.1) is 0 Å². The minimum Gasteiger partial charge on any atom is -0.508 e. The largest absolute Gasteiger partial charge is 0.508 e. The Kier molecular flexibility index (Phi) is 3.48. The lowest BCUT2D eigenvalue weighted by Crippen LogP contribution is -2.00. The second kappa shape index (κ2) is 4.42. The van der Waals surface area contributed by atoms with E-state index in [1.165, 1.54) is 0 Å². The van der Waals surface area contributed by atoms with E-state index in [1.54, 1.807) is 6.07 Å². The zero-order chi connectivity index (χ0) is 9.84. The first-order valence-corrected chi connectivity index (χ1v) is 4.85. The van der Waals surface area contributed by atoms with Crippen molar-refractivity contribution in [1.29, 1.82) is 0 Å². The van der Waals surface area contributed by atoms with Gasteiger partial charge in [0, 0.05) is 10.4 Å². The molecule has 0 aliphatic rings. The van der Waals surface area contributed by atoms with E-state index >= 15 is 0 Å². The first kappa shape index (κ1) is 10.3. The Morgan fingerprint density at radius 1 is 1.62 bits per heavy atom. The van der Waals surface area contributed by atoms with Gasteiger partial charge in [-0.1, -0.05) is 28.9 Å². The number of hydrogen-bond donors (Lipinski definition) is 1. The van der Waals surface area contributed by atoms with Crippen LogP contribution in [0.2, 0.25) is 0 Å². The molecule has 1 N–H and O–H groups in total. The second-order valence-electron chi connectivity index (χ2n) is 3.09. The van der Waals surface area contributed by atoms with Gasteiger partial charge < -0.3 is 9.90 Å². The third kappa shape index (κ3) is 2.84. The Bertz CT molecular complexity index is 310. The molecule has 0 radical (unpaired) electrons. The Morgan fingerprint density at radius 3 is 2.85 bits per heavy atom. The maximum Gasteiger partial charge on any atom is 0.123 e. The van der Waals surface area contributed by atoms with Gasteiger partial charge in [0.05, 0.1) is 0 Å². The summed E-state index contributed by atoms with van der Waals surface area (Å²) < 4.78 is 0.840. The van der Waals surface area contributed by atoms with E-state index in [0.29, 0.717) is 6.42 Å². The molecule has 70 valence electrons. The molecule has 0 aliphatic carbocycles. The number of carbonyl (C=O) groups is 1. The maximum atomic E-state index is 10.4. The topological polar surface area (TPSA) is 37.3 Å². The molecular formula is C10H11BrO2. The van der Waals surface area contributed by atoms with Crippen LogP contribution in [0.1, 0.15) is 12.5 Å². The second-order valence-corrected chi connectivity index (χ2v) is 4.01. The number of phenolic OH excluding ortho intramolecular Hbond substituents is 1. The third-order valence-electron chi connectivity index (χ3n) is 1.82. The summed E-state index contributed by atoms with van der Waals surface area (Å²) in [5.74, 6) is 0.190. The molecule has 0 aliphatic heterocycles. The highest BCUT2D eigenvalue weighted by molar-refractivity contribution is 9.10. The molecule has 0 amide bonds. The average molecular weight is 243 g/mol. The van der Waals surface area contributed by atoms with Crippen molar-refractivity contribution < 1.29 is 9.90 Å². The summed E-state index contributed by atoms with van der Waals surface area (Å²) in [5.41, 5.74) is 0.808. The molecule has 0 saturated carbocycles. The van der Waals surface area contributed by atoms with E-state index in [0.717, 1.165) is 16.3 Å². The number of benzene rings is 1. The highest BCUT2D eigenvalue weighted by atomic mass is 79.9. The molecule has 1 unspecified atom stereocenters. The van der Waals surface area contributed by atoms with Crippen LogP contribution in [0.4, 0.5) is 0 Å². The average Bonchev–Trinajstić information content (AvgIpc) is 2.09. The van der Waals surface area contributed by atoms with Crippen molar-refractivity contribution in [3.63, 3.8) is 0 Å². The van der Waals surface area contributed by atoms with E-state index in [1.807, 2.05) is 19.1 Å². The minimum absolute atomic E-state index is 0.0490. The summed E-state index contributed by atoms with van der Waals surface area (Å²) in [6.07, 6.45) is 1.48. The van der Waals surface area contributed by atoms with Crippen LogP contribution in [-0.4, -0.2) is 11.4 Å². The summed E-state index contributed by atoms with van der Waals surface area (Å²) in [5, 5.41) is 9.49. The van der Waals surface area contributed by atoms with Crippen LogP contribution in [0.3, 0.4) is 0 Å². The van der Waals surface area contributed by atoms with Gasteiger partial charge in [-0.3, -0.25) is 0 Å². The van der Waals surface area contributed by atoms with E-state index < -0.39 is 0 Å². The number of rotatable bonds is 3. The molecule has 0 heterocycles. The predicted octanol–water partition coefficient (Wildman–Crippen LogP) is 2.53. The van der Waals surface area contributed by atoms with Crippen molar-refractivity contribution >= 4 is 22.2 Å². The SMILES string of the molecule is CC(C=O)Cc1ccc(Br)cc1O. The molecule has 0 fully saturated rings. The monoisotopic (exact) mass is 242 g/mol. The van der Waals surface area contributed by atoms with E-state index in [4.69, 9.17) is 0 Å². The third-order valence-corrected chi connectivity index (χ3v) is 2.31. The lowest BCUT2D eigenvalue weighted by atomic mass is 10.0. The van der Waals surface area contributed by atoms with Gasteiger partial charge in [0.2, 0.25) is 0 Å². The minimum atomic E-state index is -0.0490. The van der Waals surface area contributed by atoms with E-state index in [2.05, 4.69) is 15.9 Å². The Labute approximate surface area is 85.7 Å². The van der Waals surface area contributed by atoms with Crippen LogP contribution in [0.5, 0.6) is 5.75 Å². The highest BCUT2D eigenvalue weighted by Crippen LogP contribution is 2.24. The number of carbonyl (C=O) groups excluding carboxylic acids is 1. The first-order valence-electron chi connectivity index (χ1n) is 4.06. The Balaban J connectivity index is 2.83. The number of halogens is 1. The quantitative estimate of drug-likeness (QED) is 0.828. The lowest BCUT2D eigenvalue weighted by molar-refractivity contribution is -0.110. The van der Waals surface area contributed by atoms with Gasteiger partial charge in [0.15, 0.2) is 0 Å². The van der Waals surface area contributed by atoms with Crippen molar-refractivity contribution in [3.8, 4) is 5.75 Å². The molecule has 0 spiro atoms. The van der Waals surface area contributed by atoms with Gasteiger partial charge in [-0.25, -0.2) is 0 Å². The molecule has 1 rings (SSSR count). The summed E-state index contributed by atoms with van der Waals surface area (Å²) in [4.78, 5) is 10.4. The van der Waals surface area contributed by atoms with Crippen LogP contribution >= 0.6 is 15.9 Å². The van der Waals surface area contributed by atoms with Crippen LogP contribution < -0.4 is 0 Å². The van der Waals surface area contributed by atoms with Gasteiger partial charge in [-0.2, -0.15) is 0 Å². The van der Waals surface area contributed by atoms with Crippen LogP contribution in [0.15, 0.2) is 22.7 Å². The molecular weight excluding hydrogens is 232 g/mol. The van der Waals surface area contributed by atoms with Gasteiger partial charge in [0.1, 0.15) is 12.0 Å². The molecule has 1 atom stereocenters. The van der Waals surface area contributed by atoms with Gasteiger partial charge >= 0.3 is 0 Å². The molecule has 0 aromatic heterocycles. The molecule has 0 saturated heterocycles. The number of hydrogen-bond acceptors (Lipinski definition) is 2. The van der Waals surface area contributed by atoms with Gasteiger partial charge in [0.25, 0.3) is 0 Å². The summed E-state index contributed by atoms with van der Waals surface area (Å²) >= 11 is 3.25. The smallest absolute Gasteiger partial charge is 0.123 e. The Hall–Kier alpha value is -0.830. The van der Waals surface area contributed by atoms with Crippen LogP contribution in [-0.2, 0) is 11.2 Å². The molecule has 2 nitrogen and oxygen atoms in total. The standard InChI is InChI=1S/C10H11BrO2/c1-7(6-12)4-8-2-3-9(11)5-10(8)13/h2-3,5-7,13H,4H2,1H3. The molecule has 1 aromatic rings. The molecule has 1 aromatic carbocycles. The number of phenols is 1.